The number of halogens is 1. The minimum absolute atomic E-state index is 0.693. The molecular weight excluding hydrogens is 354 g/mol. The number of ether oxygens (including phenoxy) is 1. The molecule has 1 aromatic heterocycles. The third-order valence-corrected chi connectivity index (χ3v) is 4.80. The second-order valence-corrected chi connectivity index (χ2v) is 7.03. The van der Waals surface area contributed by atoms with Gasteiger partial charge in [-0.05, 0) is 55.8 Å². The fraction of sp³-hybridized carbons (Fsp3) is 0.263. The van der Waals surface area contributed by atoms with Crippen LogP contribution in [0.5, 0.6) is 0 Å². The van der Waals surface area contributed by atoms with Crippen molar-refractivity contribution >= 4 is 23.4 Å². The maximum Gasteiger partial charge on any atom is 0.196 e. The van der Waals surface area contributed by atoms with Gasteiger partial charge in [-0.25, -0.2) is 0 Å². The summed E-state index contributed by atoms with van der Waals surface area (Å²) in [5.41, 5.74) is 3.22. The lowest BCUT2D eigenvalue weighted by atomic mass is 10.2. The standard InChI is InChI=1S/C19H20ClN3OS/c1-3-24-11-12-25-19-22-21-18(15-7-9-16(20)10-8-15)23(19)17-6-4-5-14(2)13-17/h4-10,13H,3,11-12H2,1-2H3. The Hall–Kier alpha value is -1.82. The number of hydrogen-bond donors (Lipinski definition) is 0. The first-order valence-electron chi connectivity index (χ1n) is 8.18. The van der Waals surface area contributed by atoms with Gasteiger partial charge in [0.25, 0.3) is 0 Å². The van der Waals surface area contributed by atoms with Crippen molar-refractivity contribution in [1.29, 1.82) is 0 Å². The molecule has 0 saturated carbocycles. The van der Waals surface area contributed by atoms with Crippen LogP contribution in [-0.4, -0.2) is 33.7 Å². The van der Waals surface area contributed by atoms with Gasteiger partial charge < -0.3 is 4.74 Å². The lowest BCUT2D eigenvalue weighted by Gasteiger charge is -2.11. The van der Waals surface area contributed by atoms with Crippen molar-refractivity contribution in [2.24, 2.45) is 0 Å². The molecule has 6 heteroatoms. The number of aromatic nitrogens is 3. The molecule has 0 fully saturated rings. The predicted molar refractivity (Wildman–Crippen MR) is 104 cm³/mol. The molecule has 0 spiro atoms. The van der Waals surface area contributed by atoms with Crippen LogP contribution in [0.2, 0.25) is 5.02 Å². The van der Waals surface area contributed by atoms with Gasteiger partial charge in [-0.1, -0.05) is 35.5 Å². The van der Waals surface area contributed by atoms with Gasteiger partial charge in [0.1, 0.15) is 0 Å². The van der Waals surface area contributed by atoms with Crippen LogP contribution in [0, 0.1) is 6.92 Å². The minimum atomic E-state index is 0.693. The molecule has 4 nitrogen and oxygen atoms in total. The summed E-state index contributed by atoms with van der Waals surface area (Å²) < 4.78 is 7.52. The summed E-state index contributed by atoms with van der Waals surface area (Å²) in [6.07, 6.45) is 0. The molecule has 130 valence electrons. The summed E-state index contributed by atoms with van der Waals surface area (Å²) >= 11 is 7.66. The van der Waals surface area contributed by atoms with Gasteiger partial charge in [0, 0.05) is 28.6 Å². The maximum absolute atomic E-state index is 6.02. The number of benzene rings is 2. The molecule has 0 aliphatic carbocycles. The highest BCUT2D eigenvalue weighted by Gasteiger charge is 2.16. The maximum atomic E-state index is 6.02. The molecule has 2 aromatic carbocycles. The lowest BCUT2D eigenvalue weighted by molar-refractivity contribution is 0.164. The Morgan fingerprint density at radius 2 is 1.92 bits per heavy atom. The zero-order chi connectivity index (χ0) is 17.6. The third kappa shape index (κ3) is 4.42. The summed E-state index contributed by atoms with van der Waals surface area (Å²) in [6.45, 7) is 5.50. The van der Waals surface area contributed by atoms with Crippen LogP contribution in [0.15, 0.2) is 53.7 Å². The minimum Gasteiger partial charge on any atom is -0.381 e. The van der Waals surface area contributed by atoms with Crippen molar-refractivity contribution in [3.05, 3.63) is 59.1 Å². The fourth-order valence-corrected chi connectivity index (χ4v) is 3.41. The normalized spacial score (nSPS) is 11.0. The Morgan fingerprint density at radius 3 is 2.64 bits per heavy atom. The van der Waals surface area contributed by atoms with E-state index in [1.54, 1.807) is 11.8 Å². The number of thioether (sulfide) groups is 1. The van der Waals surface area contributed by atoms with E-state index in [0.29, 0.717) is 11.6 Å². The van der Waals surface area contributed by atoms with Gasteiger partial charge in [-0.15, -0.1) is 10.2 Å². The molecule has 0 bridgehead atoms. The highest BCUT2D eigenvalue weighted by molar-refractivity contribution is 7.99. The number of rotatable bonds is 7. The molecule has 3 aromatic rings. The smallest absolute Gasteiger partial charge is 0.196 e. The predicted octanol–water partition coefficient (Wildman–Crippen LogP) is 5.02. The Morgan fingerprint density at radius 1 is 1.12 bits per heavy atom. The fourth-order valence-electron chi connectivity index (χ4n) is 2.49. The topological polar surface area (TPSA) is 39.9 Å². The molecule has 1 heterocycles. The van der Waals surface area contributed by atoms with Crippen LogP contribution in [-0.2, 0) is 4.74 Å². The largest absolute Gasteiger partial charge is 0.381 e. The van der Waals surface area contributed by atoms with E-state index in [2.05, 4.69) is 39.9 Å². The van der Waals surface area contributed by atoms with E-state index in [0.717, 1.165) is 34.6 Å². The first-order chi connectivity index (χ1) is 12.2. The first kappa shape index (κ1) is 18.0. The van der Waals surface area contributed by atoms with Crippen molar-refractivity contribution in [3.63, 3.8) is 0 Å². The number of hydrogen-bond acceptors (Lipinski definition) is 4. The van der Waals surface area contributed by atoms with E-state index >= 15 is 0 Å². The van der Waals surface area contributed by atoms with Gasteiger partial charge in [0.15, 0.2) is 11.0 Å². The molecule has 0 amide bonds. The average molecular weight is 374 g/mol. The second kappa shape index (κ2) is 8.52. The summed E-state index contributed by atoms with van der Waals surface area (Å²) in [5, 5.41) is 10.4. The number of nitrogens with zero attached hydrogens (tertiary/aromatic N) is 3. The molecule has 25 heavy (non-hydrogen) atoms. The lowest BCUT2D eigenvalue weighted by Crippen LogP contribution is -2.02. The van der Waals surface area contributed by atoms with E-state index in [1.807, 2.05) is 37.3 Å². The van der Waals surface area contributed by atoms with Crippen LogP contribution < -0.4 is 0 Å². The summed E-state index contributed by atoms with van der Waals surface area (Å²) in [5.74, 6) is 1.64. The highest BCUT2D eigenvalue weighted by Crippen LogP contribution is 2.29. The first-order valence-corrected chi connectivity index (χ1v) is 9.54. The summed E-state index contributed by atoms with van der Waals surface area (Å²) in [7, 11) is 0. The SMILES string of the molecule is CCOCCSc1nnc(-c2ccc(Cl)cc2)n1-c1cccc(C)c1. The van der Waals surface area contributed by atoms with Gasteiger partial charge in [0.05, 0.1) is 6.61 Å². The Bertz CT molecular complexity index is 833. The van der Waals surface area contributed by atoms with E-state index in [1.165, 1.54) is 5.56 Å². The van der Waals surface area contributed by atoms with Crippen molar-refractivity contribution in [1.82, 2.24) is 14.8 Å². The van der Waals surface area contributed by atoms with Gasteiger partial charge >= 0.3 is 0 Å². The Balaban J connectivity index is 2.00. The van der Waals surface area contributed by atoms with Crippen LogP contribution in [0.25, 0.3) is 17.1 Å². The zero-order valence-electron chi connectivity index (χ0n) is 14.3. The van der Waals surface area contributed by atoms with Gasteiger partial charge in [0.2, 0.25) is 0 Å². The van der Waals surface area contributed by atoms with Crippen molar-refractivity contribution in [3.8, 4) is 17.1 Å². The van der Waals surface area contributed by atoms with Crippen molar-refractivity contribution in [2.45, 2.75) is 19.0 Å². The quantitative estimate of drug-likeness (QED) is 0.430. The Labute approximate surface area is 157 Å². The Kier molecular flexibility index (Phi) is 6.13. The van der Waals surface area contributed by atoms with Gasteiger partial charge in [-0.2, -0.15) is 0 Å². The van der Waals surface area contributed by atoms with E-state index in [4.69, 9.17) is 16.3 Å². The molecule has 0 aliphatic heterocycles. The third-order valence-electron chi connectivity index (χ3n) is 3.66. The van der Waals surface area contributed by atoms with Crippen LogP contribution >= 0.6 is 23.4 Å². The van der Waals surface area contributed by atoms with Crippen molar-refractivity contribution in [2.75, 3.05) is 19.0 Å². The van der Waals surface area contributed by atoms with Crippen LogP contribution in [0.4, 0.5) is 0 Å². The molecule has 0 radical (unpaired) electrons. The van der Waals surface area contributed by atoms with Crippen LogP contribution in [0.3, 0.4) is 0 Å². The monoisotopic (exact) mass is 373 g/mol. The molecule has 0 atom stereocenters. The molecule has 0 unspecified atom stereocenters. The summed E-state index contributed by atoms with van der Waals surface area (Å²) in [6, 6.07) is 16.0. The van der Waals surface area contributed by atoms with Gasteiger partial charge in [-0.3, -0.25) is 4.57 Å². The van der Waals surface area contributed by atoms with Crippen molar-refractivity contribution < 1.29 is 4.74 Å². The van der Waals surface area contributed by atoms with E-state index in [9.17, 15) is 0 Å². The molecule has 0 saturated heterocycles. The zero-order valence-corrected chi connectivity index (χ0v) is 15.8. The molecule has 0 N–H and O–H groups in total. The second-order valence-electron chi connectivity index (χ2n) is 5.53. The average Bonchev–Trinajstić information content (AvgIpc) is 3.03. The highest BCUT2D eigenvalue weighted by atomic mass is 35.5. The van der Waals surface area contributed by atoms with Crippen LogP contribution in [0.1, 0.15) is 12.5 Å². The molecule has 0 aliphatic rings. The molecular formula is C19H20ClN3OS. The summed E-state index contributed by atoms with van der Waals surface area (Å²) in [4.78, 5) is 0. The van der Waals surface area contributed by atoms with E-state index in [-0.39, 0.29) is 0 Å². The number of aryl methyl sites for hydroxylation is 1. The molecule has 3 rings (SSSR count). The van der Waals surface area contributed by atoms with E-state index < -0.39 is 0 Å².